The summed E-state index contributed by atoms with van der Waals surface area (Å²) < 4.78 is 46.2. The SMILES string of the molecule is CC1CNCCN1C(=O)c1cc2cc(Oc3ccc(N(C)C(=O)c4ccc(C(F)(F)F)cc4)cn3)ccc2n1C. The molecule has 0 bridgehead atoms. The number of alkyl halides is 3. The Morgan fingerprint density at radius 2 is 1.82 bits per heavy atom. The molecule has 40 heavy (non-hydrogen) atoms. The van der Waals surface area contributed by atoms with E-state index in [0.29, 0.717) is 29.6 Å². The molecule has 4 aromatic rings. The molecule has 208 valence electrons. The number of piperazine rings is 1. The van der Waals surface area contributed by atoms with Crippen molar-refractivity contribution >= 4 is 28.4 Å². The number of halogens is 3. The first-order chi connectivity index (χ1) is 19.0. The third kappa shape index (κ3) is 5.37. The summed E-state index contributed by atoms with van der Waals surface area (Å²) in [5.41, 5.74) is 1.24. The van der Waals surface area contributed by atoms with Crippen LogP contribution in [0.5, 0.6) is 11.6 Å². The van der Waals surface area contributed by atoms with Crippen molar-refractivity contribution in [2.75, 3.05) is 31.6 Å². The number of aromatic nitrogens is 2. The summed E-state index contributed by atoms with van der Waals surface area (Å²) >= 11 is 0. The number of carbonyl (C=O) groups excluding carboxylic acids is 2. The molecular weight excluding hydrogens is 523 g/mol. The van der Waals surface area contributed by atoms with Gasteiger partial charge in [0.1, 0.15) is 11.4 Å². The second-order valence-corrected chi connectivity index (χ2v) is 9.76. The Balaban J connectivity index is 1.28. The van der Waals surface area contributed by atoms with E-state index in [1.54, 1.807) is 18.2 Å². The van der Waals surface area contributed by atoms with Crippen LogP contribution >= 0.6 is 0 Å². The van der Waals surface area contributed by atoms with Crippen molar-refractivity contribution in [2.24, 2.45) is 7.05 Å². The first kappa shape index (κ1) is 27.2. The van der Waals surface area contributed by atoms with Gasteiger partial charge in [-0.15, -0.1) is 0 Å². The fourth-order valence-corrected chi connectivity index (χ4v) is 4.75. The van der Waals surface area contributed by atoms with Crippen molar-refractivity contribution < 1.29 is 27.5 Å². The molecule has 0 radical (unpaired) electrons. The molecule has 1 atom stereocenters. The summed E-state index contributed by atoms with van der Waals surface area (Å²) in [6, 6.07) is 14.8. The zero-order chi connectivity index (χ0) is 28.6. The van der Waals surface area contributed by atoms with Gasteiger partial charge in [0.05, 0.1) is 17.4 Å². The van der Waals surface area contributed by atoms with Crippen LogP contribution in [0.3, 0.4) is 0 Å². The number of ether oxygens (including phenoxy) is 1. The second-order valence-electron chi connectivity index (χ2n) is 9.76. The van der Waals surface area contributed by atoms with Gasteiger partial charge in [-0.3, -0.25) is 9.59 Å². The number of fused-ring (bicyclic) bond motifs is 1. The van der Waals surface area contributed by atoms with Crippen LogP contribution in [0.2, 0.25) is 0 Å². The highest BCUT2D eigenvalue weighted by Crippen LogP contribution is 2.30. The van der Waals surface area contributed by atoms with Gasteiger partial charge in [0, 0.05) is 62.3 Å². The van der Waals surface area contributed by atoms with Crippen LogP contribution < -0.4 is 15.0 Å². The largest absolute Gasteiger partial charge is 0.439 e. The normalized spacial score (nSPS) is 15.8. The number of hydrogen-bond donors (Lipinski definition) is 1. The molecule has 8 nitrogen and oxygen atoms in total. The summed E-state index contributed by atoms with van der Waals surface area (Å²) in [4.78, 5) is 33.4. The lowest BCUT2D eigenvalue weighted by Crippen LogP contribution is -2.52. The first-order valence-electron chi connectivity index (χ1n) is 12.7. The summed E-state index contributed by atoms with van der Waals surface area (Å²) in [6.07, 6.45) is -3.02. The molecule has 1 N–H and O–H groups in total. The first-order valence-corrected chi connectivity index (χ1v) is 12.7. The minimum absolute atomic E-state index is 0.0117. The zero-order valence-electron chi connectivity index (χ0n) is 22.2. The Labute approximate surface area is 229 Å². The van der Waals surface area contributed by atoms with Gasteiger partial charge in [-0.05, 0) is 61.5 Å². The molecule has 11 heteroatoms. The Bertz CT molecular complexity index is 1550. The molecule has 0 saturated carbocycles. The maximum absolute atomic E-state index is 13.2. The van der Waals surface area contributed by atoms with Gasteiger partial charge in [-0.1, -0.05) is 0 Å². The number of pyridine rings is 1. The predicted molar refractivity (Wildman–Crippen MR) is 145 cm³/mol. The van der Waals surface area contributed by atoms with Crippen molar-refractivity contribution in [1.29, 1.82) is 0 Å². The van der Waals surface area contributed by atoms with Gasteiger partial charge in [0.15, 0.2) is 0 Å². The Morgan fingerprint density at radius 3 is 2.48 bits per heavy atom. The minimum atomic E-state index is -4.47. The molecule has 1 aliphatic heterocycles. The quantitative estimate of drug-likeness (QED) is 0.374. The van der Waals surface area contributed by atoms with Gasteiger partial charge in [0.2, 0.25) is 5.88 Å². The minimum Gasteiger partial charge on any atom is -0.439 e. The lowest BCUT2D eigenvalue weighted by molar-refractivity contribution is -0.137. The maximum atomic E-state index is 13.2. The number of anilines is 1. The molecule has 1 fully saturated rings. The summed E-state index contributed by atoms with van der Waals surface area (Å²) in [6.45, 7) is 4.21. The number of carbonyl (C=O) groups is 2. The van der Waals surface area contributed by atoms with Gasteiger partial charge in [-0.2, -0.15) is 13.2 Å². The number of nitrogens with one attached hydrogen (secondary N) is 1. The number of nitrogens with zero attached hydrogens (tertiary/aromatic N) is 4. The topological polar surface area (TPSA) is 79.7 Å². The summed E-state index contributed by atoms with van der Waals surface area (Å²) in [7, 11) is 3.38. The van der Waals surface area contributed by atoms with E-state index < -0.39 is 17.6 Å². The number of hydrogen-bond acceptors (Lipinski definition) is 5. The van der Waals surface area contributed by atoms with Crippen LogP contribution in [0, 0.1) is 0 Å². The number of amides is 2. The Morgan fingerprint density at radius 1 is 1.07 bits per heavy atom. The monoisotopic (exact) mass is 551 g/mol. The van der Waals surface area contributed by atoms with Crippen molar-refractivity contribution in [2.45, 2.75) is 19.1 Å². The smallest absolute Gasteiger partial charge is 0.416 e. The van der Waals surface area contributed by atoms with Crippen LogP contribution in [0.4, 0.5) is 18.9 Å². The molecular formula is C29H28F3N5O3. The van der Waals surface area contributed by atoms with Crippen molar-refractivity contribution in [3.8, 4) is 11.6 Å². The fraction of sp³-hybridized carbons (Fsp3) is 0.276. The van der Waals surface area contributed by atoms with Gasteiger partial charge >= 0.3 is 6.18 Å². The number of aryl methyl sites for hydroxylation is 1. The highest BCUT2D eigenvalue weighted by molar-refractivity contribution is 6.05. The highest BCUT2D eigenvalue weighted by Gasteiger charge is 2.30. The maximum Gasteiger partial charge on any atom is 0.416 e. The van der Waals surface area contributed by atoms with Crippen LogP contribution in [0.15, 0.2) is 66.9 Å². The van der Waals surface area contributed by atoms with Crippen LogP contribution in [-0.2, 0) is 13.2 Å². The van der Waals surface area contributed by atoms with E-state index in [0.717, 1.165) is 48.3 Å². The number of benzene rings is 2. The van der Waals surface area contributed by atoms with E-state index >= 15 is 0 Å². The highest BCUT2D eigenvalue weighted by atomic mass is 19.4. The molecule has 0 spiro atoms. The standard InChI is InChI=1S/C29H28F3N5O3/c1-18-16-33-12-13-37(18)28(39)25-15-20-14-23(9-10-24(20)36(25)3)40-26-11-8-22(17-34-26)35(2)27(38)19-4-6-21(7-5-19)29(30,31)32/h4-11,14-15,17-18,33H,12-13,16H2,1-3H3. The molecule has 2 aromatic heterocycles. The summed E-state index contributed by atoms with van der Waals surface area (Å²) in [5.74, 6) is 0.337. The molecule has 0 aliphatic carbocycles. The van der Waals surface area contributed by atoms with E-state index in [1.165, 1.54) is 18.1 Å². The van der Waals surface area contributed by atoms with Crippen LogP contribution in [0.1, 0.15) is 33.3 Å². The Kier molecular flexibility index (Phi) is 7.24. The molecule has 1 unspecified atom stereocenters. The average molecular weight is 552 g/mol. The third-order valence-corrected chi connectivity index (χ3v) is 7.09. The zero-order valence-corrected chi connectivity index (χ0v) is 22.2. The molecule has 3 heterocycles. The van der Waals surface area contributed by atoms with E-state index in [1.807, 2.05) is 41.6 Å². The second kappa shape index (κ2) is 10.6. The van der Waals surface area contributed by atoms with Crippen molar-refractivity contribution in [3.63, 3.8) is 0 Å². The molecule has 5 rings (SSSR count). The van der Waals surface area contributed by atoms with Gasteiger partial charge < -0.3 is 24.4 Å². The van der Waals surface area contributed by atoms with Gasteiger partial charge in [-0.25, -0.2) is 4.98 Å². The average Bonchev–Trinajstić information content (AvgIpc) is 3.27. The van der Waals surface area contributed by atoms with E-state index in [9.17, 15) is 22.8 Å². The molecule has 1 saturated heterocycles. The van der Waals surface area contributed by atoms with Crippen LogP contribution in [0.25, 0.3) is 10.9 Å². The fourth-order valence-electron chi connectivity index (χ4n) is 4.75. The van der Waals surface area contributed by atoms with Gasteiger partial charge in [0.25, 0.3) is 11.8 Å². The predicted octanol–water partition coefficient (Wildman–Crippen LogP) is 5.09. The number of rotatable bonds is 5. The molecule has 2 aromatic carbocycles. The third-order valence-electron chi connectivity index (χ3n) is 7.09. The molecule has 2 amide bonds. The molecule has 1 aliphatic rings. The van der Waals surface area contributed by atoms with E-state index in [-0.39, 0.29) is 17.5 Å². The Hall–Kier alpha value is -4.38. The van der Waals surface area contributed by atoms with E-state index in [2.05, 4.69) is 10.3 Å². The lowest BCUT2D eigenvalue weighted by atomic mass is 10.1. The van der Waals surface area contributed by atoms with E-state index in [4.69, 9.17) is 4.74 Å². The van der Waals surface area contributed by atoms with Crippen molar-refractivity contribution in [1.82, 2.24) is 19.8 Å². The summed E-state index contributed by atoms with van der Waals surface area (Å²) in [5, 5.41) is 4.15. The lowest BCUT2D eigenvalue weighted by Gasteiger charge is -2.34. The van der Waals surface area contributed by atoms with Crippen molar-refractivity contribution in [3.05, 3.63) is 83.7 Å². The van der Waals surface area contributed by atoms with Crippen LogP contribution in [-0.4, -0.2) is 59.0 Å².